The standard InChI is InChI=1S/C16H22ClN3O2.ClH/c17-12-6-8-13(9-7-12)20-15(21)5-3-11-19-16(22)14-4-1-2-10-18-14;/h6-9,14,18H,1-5,10-11H2,(H,19,22)(H,20,21);1H. The number of benzene rings is 1. The minimum atomic E-state index is -0.0726. The summed E-state index contributed by atoms with van der Waals surface area (Å²) >= 11 is 5.79. The lowest BCUT2D eigenvalue weighted by molar-refractivity contribution is -0.124. The van der Waals surface area contributed by atoms with E-state index in [1.165, 1.54) is 0 Å². The number of piperidine rings is 1. The van der Waals surface area contributed by atoms with Gasteiger partial charge in [-0.2, -0.15) is 0 Å². The van der Waals surface area contributed by atoms with Crippen molar-refractivity contribution in [1.82, 2.24) is 10.6 Å². The van der Waals surface area contributed by atoms with Gasteiger partial charge in [-0.05, 0) is 50.1 Å². The van der Waals surface area contributed by atoms with Crippen LogP contribution in [0.4, 0.5) is 5.69 Å². The first-order valence-corrected chi connectivity index (χ1v) is 8.09. The third kappa shape index (κ3) is 7.20. The fraction of sp³-hybridized carbons (Fsp3) is 0.500. The summed E-state index contributed by atoms with van der Waals surface area (Å²) in [5, 5.41) is 9.52. The van der Waals surface area contributed by atoms with Gasteiger partial charge >= 0.3 is 0 Å². The summed E-state index contributed by atoms with van der Waals surface area (Å²) in [6.45, 7) is 1.42. The number of carbonyl (C=O) groups is 2. The van der Waals surface area contributed by atoms with Crippen LogP contribution in [-0.2, 0) is 9.59 Å². The molecule has 128 valence electrons. The summed E-state index contributed by atoms with van der Waals surface area (Å²) in [7, 11) is 0. The Morgan fingerprint density at radius 2 is 1.96 bits per heavy atom. The molecule has 7 heteroatoms. The molecule has 1 saturated heterocycles. The molecular weight excluding hydrogens is 337 g/mol. The van der Waals surface area contributed by atoms with Crippen molar-refractivity contribution in [3.05, 3.63) is 29.3 Å². The summed E-state index contributed by atoms with van der Waals surface area (Å²) < 4.78 is 0. The molecule has 2 rings (SSSR count). The van der Waals surface area contributed by atoms with E-state index in [-0.39, 0.29) is 30.3 Å². The second kappa shape index (κ2) is 10.5. The monoisotopic (exact) mass is 359 g/mol. The molecule has 0 saturated carbocycles. The number of nitrogens with one attached hydrogen (secondary N) is 3. The van der Waals surface area contributed by atoms with Gasteiger partial charge < -0.3 is 16.0 Å². The number of halogens is 2. The van der Waals surface area contributed by atoms with Crippen molar-refractivity contribution in [1.29, 1.82) is 0 Å². The van der Waals surface area contributed by atoms with E-state index in [0.717, 1.165) is 31.5 Å². The zero-order chi connectivity index (χ0) is 15.8. The highest BCUT2D eigenvalue weighted by Gasteiger charge is 2.19. The first-order valence-electron chi connectivity index (χ1n) is 7.71. The van der Waals surface area contributed by atoms with Crippen LogP contribution in [0.1, 0.15) is 32.1 Å². The normalized spacial score (nSPS) is 17.0. The van der Waals surface area contributed by atoms with E-state index < -0.39 is 0 Å². The van der Waals surface area contributed by atoms with Crippen LogP contribution in [0.2, 0.25) is 5.02 Å². The van der Waals surface area contributed by atoms with E-state index in [9.17, 15) is 9.59 Å². The zero-order valence-electron chi connectivity index (χ0n) is 12.9. The van der Waals surface area contributed by atoms with E-state index in [2.05, 4.69) is 16.0 Å². The molecule has 1 atom stereocenters. The molecule has 1 fully saturated rings. The molecule has 1 aliphatic rings. The fourth-order valence-corrected chi connectivity index (χ4v) is 2.54. The summed E-state index contributed by atoms with van der Waals surface area (Å²) in [4.78, 5) is 23.7. The second-order valence-corrected chi connectivity index (χ2v) is 5.89. The number of anilines is 1. The molecule has 5 nitrogen and oxygen atoms in total. The van der Waals surface area contributed by atoms with Crippen LogP contribution in [-0.4, -0.2) is 30.9 Å². The van der Waals surface area contributed by atoms with E-state index in [0.29, 0.717) is 24.4 Å². The average Bonchev–Trinajstić information content (AvgIpc) is 2.54. The van der Waals surface area contributed by atoms with Crippen LogP contribution in [0.3, 0.4) is 0 Å². The van der Waals surface area contributed by atoms with Gasteiger partial charge in [-0.1, -0.05) is 18.0 Å². The van der Waals surface area contributed by atoms with Crippen LogP contribution in [0.15, 0.2) is 24.3 Å². The van der Waals surface area contributed by atoms with Gasteiger partial charge in [-0.3, -0.25) is 9.59 Å². The van der Waals surface area contributed by atoms with E-state index >= 15 is 0 Å². The summed E-state index contributed by atoms with van der Waals surface area (Å²) in [5.41, 5.74) is 0.727. The maximum atomic E-state index is 11.9. The molecule has 0 aromatic heterocycles. The Kier molecular flexibility index (Phi) is 8.99. The molecular formula is C16H23Cl2N3O2. The zero-order valence-corrected chi connectivity index (χ0v) is 14.5. The average molecular weight is 360 g/mol. The van der Waals surface area contributed by atoms with Gasteiger partial charge in [-0.25, -0.2) is 0 Å². The second-order valence-electron chi connectivity index (χ2n) is 5.45. The summed E-state index contributed by atoms with van der Waals surface area (Å²) in [6.07, 6.45) is 4.12. The number of carbonyl (C=O) groups excluding carboxylic acids is 2. The van der Waals surface area contributed by atoms with E-state index in [1.54, 1.807) is 24.3 Å². The predicted molar refractivity (Wildman–Crippen MR) is 95.2 cm³/mol. The lowest BCUT2D eigenvalue weighted by atomic mass is 10.0. The van der Waals surface area contributed by atoms with Gasteiger partial charge in [0.05, 0.1) is 6.04 Å². The highest BCUT2D eigenvalue weighted by atomic mass is 35.5. The van der Waals surface area contributed by atoms with Crippen molar-refractivity contribution in [3.63, 3.8) is 0 Å². The Hall–Kier alpha value is -1.30. The molecule has 1 unspecified atom stereocenters. The largest absolute Gasteiger partial charge is 0.355 e. The SMILES string of the molecule is Cl.O=C(CCCNC(=O)C1CCCCN1)Nc1ccc(Cl)cc1. The number of hydrogen-bond acceptors (Lipinski definition) is 3. The molecule has 3 N–H and O–H groups in total. The van der Waals surface area contributed by atoms with Crippen molar-refractivity contribution in [2.45, 2.75) is 38.1 Å². The van der Waals surface area contributed by atoms with Gasteiger partial charge in [0.1, 0.15) is 0 Å². The molecule has 0 radical (unpaired) electrons. The van der Waals surface area contributed by atoms with Gasteiger partial charge in [0.15, 0.2) is 0 Å². The maximum absolute atomic E-state index is 11.9. The third-order valence-electron chi connectivity index (χ3n) is 3.63. The van der Waals surface area contributed by atoms with E-state index in [4.69, 9.17) is 11.6 Å². The Morgan fingerprint density at radius 3 is 2.61 bits per heavy atom. The van der Waals surface area contributed by atoms with Crippen LogP contribution in [0.25, 0.3) is 0 Å². The Bertz CT molecular complexity index is 503. The number of amides is 2. The van der Waals surface area contributed by atoms with Crippen LogP contribution >= 0.6 is 24.0 Å². The minimum Gasteiger partial charge on any atom is -0.355 e. The molecule has 0 spiro atoms. The van der Waals surface area contributed by atoms with Gasteiger partial charge in [0.25, 0.3) is 0 Å². The third-order valence-corrected chi connectivity index (χ3v) is 3.89. The molecule has 0 bridgehead atoms. The summed E-state index contributed by atoms with van der Waals surface area (Å²) in [6, 6.07) is 6.91. The summed E-state index contributed by atoms with van der Waals surface area (Å²) in [5.74, 6) is -0.0230. The molecule has 1 aliphatic heterocycles. The molecule has 23 heavy (non-hydrogen) atoms. The van der Waals surface area contributed by atoms with Crippen LogP contribution in [0, 0.1) is 0 Å². The fourth-order valence-electron chi connectivity index (χ4n) is 2.42. The molecule has 1 aromatic carbocycles. The minimum absolute atomic E-state index is 0. The first-order chi connectivity index (χ1) is 10.6. The quantitative estimate of drug-likeness (QED) is 0.684. The molecule has 1 aromatic rings. The molecule has 1 heterocycles. The van der Waals surface area contributed by atoms with Crippen LogP contribution in [0.5, 0.6) is 0 Å². The smallest absolute Gasteiger partial charge is 0.237 e. The highest BCUT2D eigenvalue weighted by molar-refractivity contribution is 6.30. The van der Waals surface area contributed by atoms with Gasteiger partial charge in [-0.15, -0.1) is 12.4 Å². The maximum Gasteiger partial charge on any atom is 0.237 e. The van der Waals surface area contributed by atoms with Gasteiger partial charge in [0, 0.05) is 23.7 Å². The van der Waals surface area contributed by atoms with E-state index in [1.807, 2.05) is 0 Å². The first kappa shape index (κ1) is 19.7. The van der Waals surface area contributed by atoms with Crippen LogP contribution < -0.4 is 16.0 Å². The van der Waals surface area contributed by atoms with Gasteiger partial charge in [0.2, 0.25) is 11.8 Å². The highest BCUT2D eigenvalue weighted by Crippen LogP contribution is 2.13. The molecule has 0 aliphatic carbocycles. The van der Waals surface area contributed by atoms with Crippen molar-refractivity contribution >= 4 is 41.5 Å². The van der Waals surface area contributed by atoms with Crippen molar-refractivity contribution < 1.29 is 9.59 Å². The predicted octanol–water partition coefficient (Wildman–Crippen LogP) is 2.74. The molecule has 2 amide bonds. The number of rotatable bonds is 6. The lowest BCUT2D eigenvalue weighted by Gasteiger charge is -2.22. The Morgan fingerprint density at radius 1 is 1.22 bits per heavy atom. The number of hydrogen-bond donors (Lipinski definition) is 3. The Balaban J connectivity index is 0.00000264. The lowest BCUT2D eigenvalue weighted by Crippen LogP contribution is -2.46. The topological polar surface area (TPSA) is 70.2 Å². The van der Waals surface area contributed by atoms with Crippen molar-refractivity contribution in [3.8, 4) is 0 Å². The van der Waals surface area contributed by atoms with Crippen molar-refractivity contribution in [2.75, 3.05) is 18.4 Å². The Labute approximate surface area is 148 Å². The van der Waals surface area contributed by atoms with Crippen molar-refractivity contribution in [2.24, 2.45) is 0 Å².